The molecule has 0 fully saturated rings. The summed E-state index contributed by atoms with van der Waals surface area (Å²) in [5.41, 5.74) is 6.21. The van der Waals surface area contributed by atoms with Crippen LogP contribution in [0, 0.1) is 12.8 Å². The van der Waals surface area contributed by atoms with Crippen LogP contribution >= 0.6 is 34.0 Å². The molecule has 0 saturated heterocycles. The maximum Gasteiger partial charge on any atom is 0.116 e. The maximum atomic E-state index is 4.85. The van der Waals surface area contributed by atoms with E-state index < -0.39 is 0 Å². The van der Waals surface area contributed by atoms with Gasteiger partial charge in [-0.05, 0) is 76.9 Å². The molecular formula is C29H28N2S3. The van der Waals surface area contributed by atoms with Crippen LogP contribution in [0.4, 0.5) is 0 Å². The predicted octanol–water partition coefficient (Wildman–Crippen LogP) is 9.75. The van der Waals surface area contributed by atoms with E-state index in [1.165, 1.54) is 56.5 Å². The van der Waals surface area contributed by atoms with Crippen LogP contribution in [0.1, 0.15) is 50.6 Å². The van der Waals surface area contributed by atoms with Gasteiger partial charge in [0.2, 0.25) is 0 Å². The van der Waals surface area contributed by atoms with Crippen LogP contribution in [-0.4, -0.2) is 9.97 Å². The molecule has 0 bridgehead atoms. The summed E-state index contributed by atoms with van der Waals surface area (Å²) in [6, 6.07) is 11.5. The molecule has 6 rings (SSSR count). The average Bonchev–Trinajstić information content (AvgIpc) is 3.47. The van der Waals surface area contributed by atoms with E-state index in [1.807, 2.05) is 34.0 Å². The van der Waals surface area contributed by atoms with Crippen molar-refractivity contribution in [2.45, 2.75) is 53.4 Å². The fraction of sp³-hybridized carbons (Fsp3) is 0.310. The highest BCUT2D eigenvalue weighted by atomic mass is 32.1. The molecule has 0 unspecified atom stereocenters. The molecule has 2 nitrogen and oxygen atoms in total. The van der Waals surface area contributed by atoms with Crippen LogP contribution in [0.25, 0.3) is 51.7 Å². The summed E-state index contributed by atoms with van der Waals surface area (Å²) in [4.78, 5) is 11.2. The van der Waals surface area contributed by atoms with Crippen molar-refractivity contribution in [3.63, 3.8) is 0 Å². The largest absolute Gasteiger partial charge is 0.235 e. The van der Waals surface area contributed by atoms with Crippen LogP contribution in [0.2, 0.25) is 0 Å². The minimum absolute atomic E-state index is 0.0676. The number of benzene rings is 2. The average molecular weight is 501 g/mol. The van der Waals surface area contributed by atoms with Crippen LogP contribution in [-0.2, 0) is 11.8 Å². The van der Waals surface area contributed by atoms with Crippen molar-refractivity contribution >= 4 is 74.5 Å². The first-order valence-electron chi connectivity index (χ1n) is 11.8. The van der Waals surface area contributed by atoms with Crippen LogP contribution in [0.5, 0.6) is 0 Å². The molecule has 0 radical (unpaired) electrons. The molecule has 172 valence electrons. The first-order valence-corrected chi connectivity index (χ1v) is 14.3. The second-order valence-electron chi connectivity index (χ2n) is 10.7. The predicted molar refractivity (Wildman–Crippen MR) is 153 cm³/mol. The van der Waals surface area contributed by atoms with Gasteiger partial charge in [-0.2, -0.15) is 0 Å². The van der Waals surface area contributed by atoms with Gasteiger partial charge in [-0.1, -0.05) is 34.6 Å². The van der Waals surface area contributed by atoms with E-state index in [-0.39, 0.29) is 5.41 Å². The summed E-state index contributed by atoms with van der Waals surface area (Å²) in [5.74, 6) is 0.652. The summed E-state index contributed by atoms with van der Waals surface area (Å²) in [7, 11) is 0. The lowest BCUT2D eigenvalue weighted by molar-refractivity contribution is 0.597. The summed E-state index contributed by atoms with van der Waals surface area (Å²) in [5, 5.41) is 6.19. The molecule has 0 saturated carbocycles. The van der Waals surface area contributed by atoms with Crippen molar-refractivity contribution in [3.8, 4) is 11.3 Å². The Bertz CT molecular complexity index is 1710. The minimum atomic E-state index is 0.0676. The number of aromatic nitrogens is 2. The standard InChI is InChI=1S/C29H28N2S3/c1-15(2)11-22-16(3)23-20(33-22)7-8-21-24(23)26-28(34-21)25(30-14-31-26)18-12-17-9-10-32-27(17)19(13-18)29(4,5)6/h7-10,12-15H,11H2,1-6H3. The lowest BCUT2D eigenvalue weighted by atomic mass is 9.85. The zero-order chi connectivity index (χ0) is 23.8. The summed E-state index contributed by atoms with van der Waals surface area (Å²) in [6.07, 6.45) is 2.89. The third-order valence-electron chi connectivity index (χ3n) is 6.63. The summed E-state index contributed by atoms with van der Waals surface area (Å²) in [6.45, 7) is 13.8. The molecule has 34 heavy (non-hydrogen) atoms. The fourth-order valence-corrected chi connectivity index (χ4v) is 8.71. The van der Waals surface area contributed by atoms with Gasteiger partial charge in [0, 0.05) is 35.3 Å². The Morgan fingerprint density at radius 3 is 2.41 bits per heavy atom. The van der Waals surface area contributed by atoms with Crippen LogP contribution in [0.3, 0.4) is 0 Å². The second kappa shape index (κ2) is 7.84. The van der Waals surface area contributed by atoms with Crippen LogP contribution < -0.4 is 0 Å². The topological polar surface area (TPSA) is 25.8 Å². The van der Waals surface area contributed by atoms with E-state index in [1.54, 1.807) is 6.33 Å². The Balaban J connectivity index is 1.65. The molecule has 2 aromatic carbocycles. The molecule has 0 aliphatic carbocycles. The number of fused-ring (bicyclic) bond motifs is 6. The van der Waals surface area contributed by atoms with Gasteiger partial charge >= 0.3 is 0 Å². The highest BCUT2D eigenvalue weighted by Gasteiger charge is 2.22. The van der Waals surface area contributed by atoms with Gasteiger partial charge in [0.05, 0.1) is 15.9 Å². The highest BCUT2D eigenvalue weighted by Crippen LogP contribution is 2.46. The Morgan fingerprint density at radius 1 is 0.912 bits per heavy atom. The Labute approximate surface area is 212 Å². The van der Waals surface area contributed by atoms with E-state index in [2.05, 4.69) is 77.3 Å². The lowest BCUT2D eigenvalue weighted by Crippen LogP contribution is -2.11. The fourth-order valence-electron chi connectivity index (χ4n) is 5.00. The summed E-state index contributed by atoms with van der Waals surface area (Å²) < 4.78 is 5.24. The van der Waals surface area contributed by atoms with Crippen molar-refractivity contribution in [1.29, 1.82) is 0 Å². The normalized spacial score (nSPS) is 12.8. The van der Waals surface area contributed by atoms with Crippen molar-refractivity contribution in [3.05, 3.63) is 58.0 Å². The van der Waals surface area contributed by atoms with E-state index in [4.69, 9.17) is 9.97 Å². The first kappa shape index (κ1) is 22.1. The zero-order valence-electron chi connectivity index (χ0n) is 20.4. The van der Waals surface area contributed by atoms with Crippen molar-refractivity contribution in [2.24, 2.45) is 5.92 Å². The number of thiophene rings is 3. The molecule has 0 N–H and O–H groups in total. The monoisotopic (exact) mass is 500 g/mol. The summed E-state index contributed by atoms with van der Waals surface area (Å²) >= 11 is 5.61. The maximum absolute atomic E-state index is 4.85. The van der Waals surface area contributed by atoms with E-state index in [9.17, 15) is 0 Å². The molecule has 0 aliphatic rings. The quantitative estimate of drug-likeness (QED) is 0.242. The number of aryl methyl sites for hydroxylation is 1. The van der Waals surface area contributed by atoms with Gasteiger partial charge in [-0.25, -0.2) is 9.97 Å². The minimum Gasteiger partial charge on any atom is -0.235 e. The highest BCUT2D eigenvalue weighted by molar-refractivity contribution is 7.26. The van der Waals surface area contributed by atoms with Crippen molar-refractivity contribution in [1.82, 2.24) is 9.97 Å². The van der Waals surface area contributed by atoms with Gasteiger partial charge < -0.3 is 0 Å². The molecule has 4 heterocycles. The van der Waals surface area contributed by atoms with Gasteiger partial charge in [0.25, 0.3) is 0 Å². The molecule has 6 aromatic rings. The molecule has 5 heteroatoms. The Morgan fingerprint density at radius 2 is 1.68 bits per heavy atom. The van der Waals surface area contributed by atoms with E-state index in [0.29, 0.717) is 5.92 Å². The molecule has 0 amide bonds. The molecule has 0 atom stereocenters. The smallest absolute Gasteiger partial charge is 0.116 e. The molecule has 4 aromatic heterocycles. The Hall–Kier alpha value is -2.34. The number of hydrogen-bond acceptors (Lipinski definition) is 5. The molecule has 0 spiro atoms. The zero-order valence-corrected chi connectivity index (χ0v) is 22.9. The van der Waals surface area contributed by atoms with Gasteiger partial charge in [-0.3, -0.25) is 0 Å². The molecular weight excluding hydrogens is 473 g/mol. The third-order valence-corrected chi connectivity index (χ3v) is 10.0. The lowest BCUT2D eigenvalue weighted by Gasteiger charge is -2.21. The Kier molecular flexibility index (Phi) is 5.11. The SMILES string of the molecule is Cc1c(CC(C)C)sc2ccc3sc4c(-c5cc(C(C)(C)C)c6sccc6c5)ncnc4c3c12. The van der Waals surface area contributed by atoms with Gasteiger partial charge in [0.1, 0.15) is 6.33 Å². The van der Waals surface area contributed by atoms with E-state index >= 15 is 0 Å². The van der Waals surface area contributed by atoms with Gasteiger partial charge in [0.15, 0.2) is 0 Å². The van der Waals surface area contributed by atoms with Crippen LogP contribution in [0.15, 0.2) is 42.0 Å². The van der Waals surface area contributed by atoms with Crippen molar-refractivity contribution < 1.29 is 0 Å². The second-order valence-corrected chi connectivity index (χ2v) is 13.8. The van der Waals surface area contributed by atoms with Crippen molar-refractivity contribution in [2.75, 3.05) is 0 Å². The van der Waals surface area contributed by atoms with Gasteiger partial charge in [-0.15, -0.1) is 34.0 Å². The molecule has 0 aliphatic heterocycles. The first-order chi connectivity index (χ1) is 16.2. The number of hydrogen-bond donors (Lipinski definition) is 0. The van der Waals surface area contributed by atoms with E-state index in [0.717, 1.165) is 17.6 Å². The number of rotatable bonds is 3. The third kappa shape index (κ3) is 3.40. The number of nitrogens with zero attached hydrogens (tertiary/aromatic N) is 2.